The van der Waals surface area contributed by atoms with Crippen LogP contribution in [0.1, 0.15) is 17.3 Å². The third-order valence-electron chi connectivity index (χ3n) is 2.01. The zero-order chi connectivity index (χ0) is 10.6. The summed E-state index contributed by atoms with van der Waals surface area (Å²) in [6.45, 7) is 1.90. The first-order valence-corrected chi connectivity index (χ1v) is 4.41. The van der Waals surface area contributed by atoms with E-state index in [0.29, 0.717) is 5.56 Å². The van der Waals surface area contributed by atoms with Crippen molar-refractivity contribution in [3.05, 3.63) is 41.9 Å². The molecule has 0 saturated carbocycles. The predicted octanol–water partition coefficient (Wildman–Crippen LogP) is 1.73. The van der Waals surface area contributed by atoms with E-state index in [0.717, 1.165) is 5.70 Å². The fraction of sp³-hybridized carbons (Fsp3) is 0.273. The Labute approximate surface area is 84.1 Å². The molecule has 14 heavy (non-hydrogen) atoms. The molecule has 3 nitrogen and oxygen atoms in total. The molecule has 0 N–H and O–H groups in total. The molecule has 0 aromatic carbocycles. The smallest absolute Gasteiger partial charge is 0.187 e. The molecular weight excluding hydrogens is 176 g/mol. The first kappa shape index (κ1) is 10.4. The van der Waals surface area contributed by atoms with Crippen molar-refractivity contribution >= 4 is 5.78 Å². The quantitative estimate of drug-likeness (QED) is 0.537. The number of hydrogen-bond donors (Lipinski definition) is 0. The minimum absolute atomic E-state index is 0.0126. The Balaban J connectivity index is 2.83. The lowest BCUT2D eigenvalue weighted by Gasteiger charge is -2.11. The number of carbonyl (C=O) groups excluding carboxylic acids is 1. The fourth-order valence-corrected chi connectivity index (χ4v) is 0.918. The van der Waals surface area contributed by atoms with Crippen LogP contribution >= 0.6 is 0 Å². The maximum atomic E-state index is 11.6. The minimum atomic E-state index is 0.0126. The standard InChI is InChI=1S/C11H14N2O/c1-9(13(2)3)8-11(14)10-4-6-12-7-5-10/h4-8H,1-3H3/b9-8+. The molecule has 0 spiro atoms. The second kappa shape index (κ2) is 4.56. The first-order valence-electron chi connectivity index (χ1n) is 4.41. The van der Waals surface area contributed by atoms with Gasteiger partial charge in [0, 0.05) is 43.8 Å². The van der Waals surface area contributed by atoms with Crippen LogP contribution < -0.4 is 0 Å². The van der Waals surface area contributed by atoms with Gasteiger partial charge in [0.1, 0.15) is 0 Å². The predicted molar refractivity (Wildman–Crippen MR) is 56.0 cm³/mol. The summed E-state index contributed by atoms with van der Waals surface area (Å²) in [6, 6.07) is 3.42. The summed E-state index contributed by atoms with van der Waals surface area (Å²) in [6.07, 6.45) is 4.85. The van der Waals surface area contributed by atoms with Gasteiger partial charge in [-0.15, -0.1) is 0 Å². The summed E-state index contributed by atoms with van der Waals surface area (Å²) in [5.41, 5.74) is 1.60. The van der Waals surface area contributed by atoms with Crippen LogP contribution in [-0.4, -0.2) is 29.8 Å². The van der Waals surface area contributed by atoms with Crippen LogP contribution in [0.3, 0.4) is 0 Å². The Hall–Kier alpha value is -1.64. The van der Waals surface area contributed by atoms with Crippen molar-refractivity contribution in [2.75, 3.05) is 14.1 Å². The second-order valence-corrected chi connectivity index (χ2v) is 3.28. The lowest BCUT2D eigenvalue weighted by atomic mass is 10.1. The van der Waals surface area contributed by atoms with Crippen LogP contribution in [0.5, 0.6) is 0 Å². The monoisotopic (exact) mass is 190 g/mol. The molecule has 1 aromatic heterocycles. The van der Waals surface area contributed by atoms with Crippen molar-refractivity contribution in [1.82, 2.24) is 9.88 Å². The van der Waals surface area contributed by atoms with Crippen molar-refractivity contribution in [3.63, 3.8) is 0 Å². The molecule has 0 aliphatic carbocycles. The SMILES string of the molecule is C/C(=C\C(=O)c1ccncc1)N(C)C. The number of carbonyl (C=O) groups is 1. The van der Waals surface area contributed by atoms with Gasteiger partial charge in [0.25, 0.3) is 0 Å². The fourth-order valence-electron chi connectivity index (χ4n) is 0.918. The molecule has 74 valence electrons. The summed E-state index contributed by atoms with van der Waals surface area (Å²) in [4.78, 5) is 17.4. The van der Waals surface area contributed by atoms with Gasteiger partial charge in [-0.1, -0.05) is 0 Å². The lowest BCUT2D eigenvalue weighted by molar-refractivity contribution is 0.104. The van der Waals surface area contributed by atoms with Gasteiger partial charge in [-0.3, -0.25) is 9.78 Å². The number of allylic oxidation sites excluding steroid dienone is 2. The molecule has 0 amide bonds. The number of ketones is 1. The maximum Gasteiger partial charge on any atom is 0.187 e. The molecule has 0 aliphatic heterocycles. The van der Waals surface area contributed by atoms with Crippen LogP contribution in [0.15, 0.2) is 36.3 Å². The van der Waals surface area contributed by atoms with Crippen molar-refractivity contribution in [2.24, 2.45) is 0 Å². The Kier molecular flexibility index (Phi) is 3.40. The number of hydrogen-bond acceptors (Lipinski definition) is 3. The lowest BCUT2D eigenvalue weighted by Crippen LogP contribution is -2.10. The first-order chi connectivity index (χ1) is 6.61. The van der Waals surface area contributed by atoms with Gasteiger partial charge in [-0.2, -0.15) is 0 Å². The Morgan fingerprint density at radius 1 is 1.36 bits per heavy atom. The maximum absolute atomic E-state index is 11.6. The number of aromatic nitrogens is 1. The molecule has 3 heteroatoms. The van der Waals surface area contributed by atoms with Gasteiger partial charge in [0.05, 0.1) is 0 Å². The average molecular weight is 190 g/mol. The van der Waals surface area contributed by atoms with E-state index in [9.17, 15) is 4.79 Å². The highest BCUT2D eigenvalue weighted by atomic mass is 16.1. The second-order valence-electron chi connectivity index (χ2n) is 3.28. The molecular formula is C11H14N2O. The summed E-state index contributed by atoms with van der Waals surface area (Å²) < 4.78 is 0. The van der Waals surface area contributed by atoms with Crippen LogP contribution in [0, 0.1) is 0 Å². The zero-order valence-electron chi connectivity index (χ0n) is 8.69. The van der Waals surface area contributed by atoms with Gasteiger partial charge < -0.3 is 4.90 Å². The Morgan fingerprint density at radius 3 is 2.43 bits per heavy atom. The molecule has 1 heterocycles. The van der Waals surface area contributed by atoms with E-state index in [4.69, 9.17) is 0 Å². The van der Waals surface area contributed by atoms with E-state index < -0.39 is 0 Å². The summed E-state index contributed by atoms with van der Waals surface area (Å²) in [5, 5.41) is 0. The van der Waals surface area contributed by atoms with Gasteiger partial charge in [0.2, 0.25) is 0 Å². The largest absolute Gasteiger partial charge is 0.381 e. The van der Waals surface area contributed by atoms with Crippen molar-refractivity contribution in [3.8, 4) is 0 Å². The van der Waals surface area contributed by atoms with Crippen molar-refractivity contribution in [1.29, 1.82) is 0 Å². The normalized spacial score (nSPS) is 11.2. The van der Waals surface area contributed by atoms with Gasteiger partial charge in [0.15, 0.2) is 5.78 Å². The molecule has 0 bridgehead atoms. The van der Waals surface area contributed by atoms with Gasteiger partial charge in [-0.05, 0) is 19.1 Å². The summed E-state index contributed by atoms with van der Waals surface area (Å²) >= 11 is 0. The van der Waals surface area contributed by atoms with E-state index in [1.807, 2.05) is 25.9 Å². The van der Waals surface area contributed by atoms with E-state index in [2.05, 4.69) is 4.98 Å². The molecule has 1 rings (SSSR count). The number of pyridine rings is 1. The molecule has 0 fully saturated rings. The van der Waals surface area contributed by atoms with Crippen LogP contribution in [0.4, 0.5) is 0 Å². The van der Waals surface area contributed by atoms with Crippen LogP contribution in [0.2, 0.25) is 0 Å². The molecule has 0 radical (unpaired) electrons. The summed E-state index contributed by atoms with van der Waals surface area (Å²) in [5.74, 6) is 0.0126. The highest BCUT2D eigenvalue weighted by molar-refractivity contribution is 6.04. The Bertz CT molecular complexity index is 342. The highest BCUT2D eigenvalue weighted by Crippen LogP contribution is 2.03. The van der Waals surface area contributed by atoms with E-state index in [1.165, 1.54) is 0 Å². The zero-order valence-corrected chi connectivity index (χ0v) is 8.69. The highest BCUT2D eigenvalue weighted by Gasteiger charge is 2.02. The van der Waals surface area contributed by atoms with Crippen molar-refractivity contribution in [2.45, 2.75) is 6.92 Å². The number of rotatable bonds is 3. The molecule has 0 saturated heterocycles. The topological polar surface area (TPSA) is 33.2 Å². The average Bonchev–Trinajstić information content (AvgIpc) is 2.19. The van der Waals surface area contributed by atoms with Gasteiger partial charge >= 0.3 is 0 Å². The third-order valence-corrected chi connectivity index (χ3v) is 2.01. The minimum Gasteiger partial charge on any atom is -0.381 e. The third kappa shape index (κ3) is 2.69. The molecule has 0 unspecified atom stereocenters. The Morgan fingerprint density at radius 2 is 1.93 bits per heavy atom. The molecule has 0 aliphatic rings. The van der Waals surface area contributed by atoms with Crippen LogP contribution in [0.25, 0.3) is 0 Å². The molecule has 0 atom stereocenters. The van der Waals surface area contributed by atoms with E-state index in [1.54, 1.807) is 30.6 Å². The number of nitrogens with zero attached hydrogens (tertiary/aromatic N) is 2. The van der Waals surface area contributed by atoms with Crippen molar-refractivity contribution < 1.29 is 4.79 Å². The summed E-state index contributed by atoms with van der Waals surface area (Å²) in [7, 11) is 3.82. The van der Waals surface area contributed by atoms with Crippen LogP contribution in [-0.2, 0) is 0 Å². The van der Waals surface area contributed by atoms with E-state index >= 15 is 0 Å². The van der Waals surface area contributed by atoms with Gasteiger partial charge in [-0.25, -0.2) is 0 Å². The molecule has 1 aromatic rings. The van der Waals surface area contributed by atoms with E-state index in [-0.39, 0.29) is 5.78 Å².